The predicted molar refractivity (Wildman–Crippen MR) is 112 cm³/mol. The van der Waals surface area contributed by atoms with Crippen molar-refractivity contribution in [2.45, 2.75) is 33.1 Å². The number of H-pyrrole nitrogens is 1. The Labute approximate surface area is 154 Å². The molecule has 1 heterocycles. The molecule has 1 aliphatic rings. The van der Waals surface area contributed by atoms with E-state index in [1.165, 1.54) is 55.1 Å². The number of aromatic nitrogens is 1. The van der Waals surface area contributed by atoms with Gasteiger partial charge in [-0.3, -0.25) is 0 Å². The van der Waals surface area contributed by atoms with Crippen LogP contribution in [0.5, 0.6) is 0 Å². The Kier molecular flexibility index (Phi) is 3.33. The van der Waals surface area contributed by atoms with Crippen LogP contribution in [0.3, 0.4) is 0 Å². The predicted octanol–water partition coefficient (Wildman–Crippen LogP) is 6.68. The zero-order valence-electron chi connectivity index (χ0n) is 15.6. The van der Waals surface area contributed by atoms with Crippen molar-refractivity contribution >= 4 is 27.8 Å². The molecule has 5 rings (SSSR count). The highest BCUT2D eigenvalue weighted by Crippen LogP contribution is 2.41. The van der Waals surface area contributed by atoms with Crippen molar-refractivity contribution in [3.8, 4) is 0 Å². The van der Waals surface area contributed by atoms with Crippen LogP contribution in [-0.2, 0) is 6.42 Å². The molecule has 1 aromatic heterocycles. The van der Waals surface area contributed by atoms with Crippen molar-refractivity contribution in [2.24, 2.45) is 0 Å². The van der Waals surface area contributed by atoms with E-state index in [1.807, 2.05) is 6.20 Å². The molecule has 0 aliphatic heterocycles. The van der Waals surface area contributed by atoms with Crippen LogP contribution in [0.15, 0.2) is 60.3 Å². The fourth-order valence-electron chi connectivity index (χ4n) is 4.71. The number of aryl methyl sites for hydroxylation is 2. The first-order valence-corrected chi connectivity index (χ1v) is 9.39. The van der Waals surface area contributed by atoms with Gasteiger partial charge in [0.25, 0.3) is 0 Å². The van der Waals surface area contributed by atoms with Crippen LogP contribution < -0.4 is 0 Å². The summed E-state index contributed by atoms with van der Waals surface area (Å²) in [7, 11) is 0. The number of nitrogens with one attached hydrogen (secondary N) is 1. The zero-order chi connectivity index (χ0) is 17.8. The van der Waals surface area contributed by atoms with E-state index in [1.54, 1.807) is 0 Å². The molecule has 0 amide bonds. The van der Waals surface area contributed by atoms with E-state index >= 15 is 0 Å². The minimum Gasteiger partial charge on any atom is -0.361 e. The number of rotatable bonds is 2. The Morgan fingerprint density at radius 3 is 2.62 bits per heavy atom. The molecular weight excluding hydrogens is 314 g/mol. The lowest BCUT2D eigenvalue weighted by molar-refractivity contribution is 0.806. The van der Waals surface area contributed by atoms with E-state index in [9.17, 15) is 0 Å². The average molecular weight is 337 g/mol. The van der Waals surface area contributed by atoms with Crippen LogP contribution in [-0.4, -0.2) is 4.98 Å². The van der Waals surface area contributed by atoms with Gasteiger partial charge in [0.05, 0.1) is 0 Å². The van der Waals surface area contributed by atoms with Crippen LogP contribution in [0.25, 0.3) is 27.8 Å². The molecule has 0 fully saturated rings. The monoisotopic (exact) mass is 337 g/mol. The van der Waals surface area contributed by atoms with E-state index in [0.717, 1.165) is 6.42 Å². The Hall–Kier alpha value is -2.80. The quantitative estimate of drug-likeness (QED) is 0.420. The molecule has 1 unspecified atom stereocenters. The number of benzene rings is 2. The Balaban J connectivity index is 1.68. The van der Waals surface area contributed by atoms with Gasteiger partial charge in [0.15, 0.2) is 0 Å². The molecule has 0 saturated carbocycles. The number of hydrogen-bond acceptors (Lipinski definition) is 0. The number of aromatic amines is 1. The van der Waals surface area contributed by atoms with Gasteiger partial charge in [0.1, 0.15) is 0 Å². The van der Waals surface area contributed by atoms with Gasteiger partial charge in [-0.1, -0.05) is 48.0 Å². The maximum atomic E-state index is 3.43. The summed E-state index contributed by atoms with van der Waals surface area (Å²) in [5, 5.41) is 4.13. The summed E-state index contributed by atoms with van der Waals surface area (Å²) < 4.78 is 0. The van der Waals surface area contributed by atoms with Gasteiger partial charge in [0, 0.05) is 23.0 Å². The second kappa shape index (κ2) is 5.60. The molecular formula is C25H23N. The van der Waals surface area contributed by atoms with Gasteiger partial charge in [0.2, 0.25) is 0 Å². The van der Waals surface area contributed by atoms with Gasteiger partial charge in [-0.25, -0.2) is 0 Å². The molecule has 26 heavy (non-hydrogen) atoms. The summed E-state index contributed by atoms with van der Waals surface area (Å²) in [4.78, 5) is 3.43. The smallest absolute Gasteiger partial charge is 0.0462 e. The Bertz CT molecular complexity index is 1190. The van der Waals surface area contributed by atoms with Gasteiger partial charge < -0.3 is 4.98 Å². The normalized spacial score (nSPS) is 16.3. The fraction of sp³-hybridized carbons (Fsp3) is 0.200. The van der Waals surface area contributed by atoms with Crippen LogP contribution in [0.4, 0.5) is 0 Å². The van der Waals surface area contributed by atoms with Crippen LogP contribution in [0, 0.1) is 13.8 Å². The van der Waals surface area contributed by atoms with Crippen molar-refractivity contribution in [3.63, 3.8) is 0 Å². The first-order valence-electron chi connectivity index (χ1n) is 9.39. The van der Waals surface area contributed by atoms with Crippen molar-refractivity contribution < 1.29 is 0 Å². The van der Waals surface area contributed by atoms with E-state index in [4.69, 9.17) is 0 Å². The summed E-state index contributed by atoms with van der Waals surface area (Å²) in [5.74, 6) is 0.492. The van der Waals surface area contributed by atoms with E-state index in [-0.39, 0.29) is 0 Å². The third-order valence-corrected chi connectivity index (χ3v) is 6.15. The minimum absolute atomic E-state index is 0.492. The van der Waals surface area contributed by atoms with Crippen LogP contribution >= 0.6 is 0 Å². The van der Waals surface area contributed by atoms with Crippen molar-refractivity contribution in [2.75, 3.05) is 0 Å². The lowest BCUT2D eigenvalue weighted by atomic mass is 9.88. The van der Waals surface area contributed by atoms with E-state index < -0.39 is 0 Å². The summed E-state index contributed by atoms with van der Waals surface area (Å²) in [6.07, 6.45) is 5.45. The lowest BCUT2D eigenvalue weighted by Crippen LogP contribution is -2.02. The third-order valence-electron chi connectivity index (χ3n) is 6.15. The van der Waals surface area contributed by atoms with Gasteiger partial charge in [-0.05, 0) is 77.9 Å². The van der Waals surface area contributed by atoms with Crippen LogP contribution in [0.2, 0.25) is 0 Å². The molecule has 128 valence electrons. The SMILES string of the molecule is CC1=Cc2ccccc2C1Cc1c(C)cc2c(C)c3ccc[nH]c3cc12. The molecule has 0 saturated heterocycles. The minimum atomic E-state index is 0.492. The zero-order valence-corrected chi connectivity index (χ0v) is 15.6. The maximum absolute atomic E-state index is 3.43. The number of pyridine rings is 1. The summed E-state index contributed by atoms with van der Waals surface area (Å²) in [6, 6.07) is 17.9. The second-order valence-electron chi connectivity index (χ2n) is 7.67. The van der Waals surface area contributed by atoms with E-state index in [0.29, 0.717) is 5.92 Å². The van der Waals surface area contributed by atoms with Gasteiger partial charge in [-0.15, -0.1) is 0 Å². The topological polar surface area (TPSA) is 15.8 Å². The number of hydrogen-bond donors (Lipinski definition) is 1. The molecule has 0 spiro atoms. The third kappa shape index (κ3) is 2.17. The molecule has 1 nitrogen and oxygen atoms in total. The van der Waals surface area contributed by atoms with E-state index in [2.05, 4.69) is 80.4 Å². The Morgan fingerprint density at radius 2 is 1.73 bits per heavy atom. The van der Waals surface area contributed by atoms with Crippen molar-refractivity contribution in [1.82, 2.24) is 4.98 Å². The molecule has 4 aromatic rings. The molecule has 1 aliphatic carbocycles. The van der Waals surface area contributed by atoms with Crippen molar-refractivity contribution in [3.05, 3.63) is 88.1 Å². The largest absolute Gasteiger partial charge is 0.361 e. The van der Waals surface area contributed by atoms with Crippen molar-refractivity contribution in [1.29, 1.82) is 0 Å². The Morgan fingerprint density at radius 1 is 0.885 bits per heavy atom. The summed E-state index contributed by atoms with van der Waals surface area (Å²) >= 11 is 0. The highest BCUT2D eigenvalue weighted by Gasteiger charge is 2.24. The summed E-state index contributed by atoms with van der Waals surface area (Å²) in [6.45, 7) is 6.79. The lowest BCUT2D eigenvalue weighted by Gasteiger charge is -2.16. The molecule has 0 bridgehead atoms. The molecule has 3 aromatic carbocycles. The average Bonchev–Trinajstić information content (AvgIpc) is 3.13. The van der Waals surface area contributed by atoms with Crippen LogP contribution in [0.1, 0.15) is 40.7 Å². The highest BCUT2D eigenvalue weighted by molar-refractivity contribution is 6.03. The first kappa shape index (κ1) is 15.5. The second-order valence-corrected chi connectivity index (χ2v) is 7.67. The first-order chi connectivity index (χ1) is 12.6. The molecule has 1 atom stereocenters. The summed E-state index contributed by atoms with van der Waals surface area (Å²) in [5.41, 5.74) is 9.85. The maximum Gasteiger partial charge on any atom is 0.0462 e. The highest BCUT2D eigenvalue weighted by atomic mass is 14.6. The number of allylic oxidation sites excluding steroid dienone is 1. The molecule has 1 heteroatoms. The molecule has 0 radical (unpaired) electrons. The van der Waals surface area contributed by atoms with Gasteiger partial charge in [-0.2, -0.15) is 0 Å². The number of fused-ring (bicyclic) bond motifs is 3. The molecule has 1 N–H and O–H groups in total. The fourth-order valence-corrected chi connectivity index (χ4v) is 4.71. The van der Waals surface area contributed by atoms with Gasteiger partial charge >= 0.3 is 0 Å². The standard InChI is InChI=1S/C25H23N/c1-15-11-18-7-4-5-8-20(18)21(15)13-22-16(2)12-23-17(3)19-9-6-10-26-25(19)14-24(22)23/h4-12,14,21,26H,13H2,1-3H3.